The minimum absolute atomic E-state index is 0.161. The number of rotatable bonds is 44. The minimum atomic E-state index is -1.77. The highest BCUT2D eigenvalue weighted by molar-refractivity contribution is 5.70. The summed E-state index contributed by atoms with van der Waals surface area (Å²) < 4.78 is 33.5. The maximum absolute atomic E-state index is 13.0. The first-order valence-electron chi connectivity index (χ1n) is 27.9. The zero-order valence-electron chi connectivity index (χ0n) is 43.5. The third-order valence-corrected chi connectivity index (χ3v) is 13.4. The fraction of sp³-hybridized carbons (Fsp3) is 0.891. The summed E-state index contributed by atoms with van der Waals surface area (Å²) in [5.41, 5.74) is 0. The van der Waals surface area contributed by atoms with Crippen LogP contribution in [-0.4, -0.2) is 142 Å². The molecule has 0 aromatic rings. The van der Waals surface area contributed by atoms with E-state index in [0.29, 0.717) is 19.3 Å². The molecular weight excluding hydrogens is 901 g/mol. The Kier molecular flexibility index (Phi) is 38.8. The lowest BCUT2D eigenvalue weighted by molar-refractivity contribution is -0.332. The predicted molar refractivity (Wildman–Crippen MR) is 271 cm³/mol. The van der Waals surface area contributed by atoms with Crippen LogP contribution >= 0.6 is 0 Å². The number of ether oxygens (including phenoxy) is 6. The number of carbonyl (C=O) groups is 2. The van der Waals surface area contributed by atoms with E-state index in [9.17, 15) is 45.3 Å². The maximum atomic E-state index is 13.0. The van der Waals surface area contributed by atoms with Crippen molar-refractivity contribution in [3.63, 3.8) is 0 Å². The largest absolute Gasteiger partial charge is 0.462 e. The molecule has 15 nitrogen and oxygen atoms in total. The Morgan fingerprint density at radius 3 is 1.34 bits per heavy atom. The average molecular weight is 1000 g/mol. The molecule has 2 aliphatic heterocycles. The van der Waals surface area contributed by atoms with Gasteiger partial charge in [0.05, 0.1) is 19.8 Å². The van der Waals surface area contributed by atoms with E-state index in [4.69, 9.17) is 28.4 Å². The van der Waals surface area contributed by atoms with E-state index in [1.54, 1.807) is 0 Å². The van der Waals surface area contributed by atoms with Crippen LogP contribution in [0.4, 0.5) is 0 Å². The van der Waals surface area contributed by atoms with Crippen LogP contribution in [0.5, 0.6) is 0 Å². The first-order valence-corrected chi connectivity index (χ1v) is 27.9. The second kappa shape index (κ2) is 42.3. The molecule has 7 N–H and O–H groups in total. The van der Waals surface area contributed by atoms with Gasteiger partial charge in [0.15, 0.2) is 18.7 Å². The summed E-state index contributed by atoms with van der Waals surface area (Å²) in [7, 11) is 0. The lowest BCUT2D eigenvalue weighted by Crippen LogP contribution is -2.61. The van der Waals surface area contributed by atoms with Gasteiger partial charge in [-0.3, -0.25) is 9.59 Å². The normalized spacial score (nSPS) is 25.5. The van der Waals surface area contributed by atoms with Crippen LogP contribution in [0.1, 0.15) is 219 Å². The molecule has 0 aliphatic carbocycles. The Bertz CT molecular complexity index is 1310. The number of aliphatic hydroxyl groups excluding tert-OH is 7. The summed E-state index contributed by atoms with van der Waals surface area (Å²) in [5.74, 6) is -0.967. The van der Waals surface area contributed by atoms with Crippen molar-refractivity contribution in [1.29, 1.82) is 0 Å². The molecule has 0 spiro atoms. The molecule has 2 rings (SSSR count). The molecule has 0 saturated carbocycles. The van der Waals surface area contributed by atoms with Crippen molar-refractivity contribution in [3.8, 4) is 0 Å². The van der Waals surface area contributed by atoms with Gasteiger partial charge < -0.3 is 64.2 Å². The number of hydrogen-bond acceptors (Lipinski definition) is 15. The number of esters is 2. The highest BCUT2D eigenvalue weighted by atomic mass is 16.7. The van der Waals surface area contributed by atoms with Crippen LogP contribution in [-0.2, 0) is 38.0 Å². The summed E-state index contributed by atoms with van der Waals surface area (Å²) in [5, 5.41) is 72.1. The molecule has 15 heteroatoms. The fourth-order valence-electron chi connectivity index (χ4n) is 8.83. The topological polar surface area (TPSA) is 231 Å². The van der Waals surface area contributed by atoms with Gasteiger partial charge in [-0.1, -0.05) is 186 Å². The van der Waals surface area contributed by atoms with Crippen molar-refractivity contribution in [2.45, 2.75) is 287 Å². The Morgan fingerprint density at radius 2 is 0.843 bits per heavy atom. The standard InChI is InChI=1S/C55H100O15/c1-3-5-7-9-11-13-15-16-17-18-19-20-21-22-23-24-25-26-28-29-31-33-35-37-46(57)65-40-43(68-47(58)38-36-34-32-30-27-14-12-10-8-6-4-2)41-66-54-53(64)51(62)49(60)45(70-54)42-67-55-52(63)50(61)48(59)44(39-56)69-55/h24-25,29,31,43-45,48-56,59-64H,3-23,26-28,30,32-42H2,1-2H3/b25-24+,31-29+/t43-,44+,45+,48-,49-,50?,51?,52?,53?,54+,55+/m0/s1. The molecule has 70 heavy (non-hydrogen) atoms. The van der Waals surface area contributed by atoms with Crippen LogP contribution in [0.3, 0.4) is 0 Å². The second-order valence-electron chi connectivity index (χ2n) is 19.8. The van der Waals surface area contributed by atoms with Gasteiger partial charge in [-0.25, -0.2) is 0 Å². The van der Waals surface area contributed by atoms with E-state index >= 15 is 0 Å². The number of hydrogen-bond donors (Lipinski definition) is 7. The van der Waals surface area contributed by atoms with Crippen molar-refractivity contribution in [1.82, 2.24) is 0 Å². The minimum Gasteiger partial charge on any atom is -0.462 e. The van der Waals surface area contributed by atoms with Crippen molar-refractivity contribution in [3.05, 3.63) is 24.3 Å². The van der Waals surface area contributed by atoms with Gasteiger partial charge >= 0.3 is 11.9 Å². The van der Waals surface area contributed by atoms with Gasteiger partial charge in [0, 0.05) is 12.8 Å². The summed E-state index contributed by atoms with van der Waals surface area (Å²) in [6.07, 6.45) is 28.0. The van der Waals surface area contributed by atoms with Gasteiger partial charge in [0.2, 0.25) is 0 Å². The van der Waals surface area contributed by atoms with Crippen LogP contribution in [0, 0.1) is 0 Å². The molecule has 410 valence electrons. The molecule has 2 aliphatic rings. The van der Waals surface area contributed by atoms with Crippen molar-refractivity contribution in [2.24, 2.45) is 0 Å². The van der Waals surface area contributed by atoms with Gasteiger partial charge in [-0.05, 0) is 44.9 Å². The van der Waals surface area contributed by atoms with Crippen LogP contribution in [0.25, 0.3) is 0 Å². The highest BCUT2D eigenvalue weighted by Crippen LogP contribution is 2.27. The molecule has 4 unspecified atom stereocenters. The Balaban J connectivity index is 1.74. The lowest BCUT2D eigenvalue weighted by atomic mass is 9.98. The van der Waals surface area contributed by atoms with E-state index in [1.807, 2.05) is 0 Å². The lowest BCUT2D eigenvalue weighted by Gasteiger charge is -2.42. The number of carbonyl (C=O) groups excluding carboxylic acids is 2. The van der Waals surface area contributed by atoms with Gasteiger partial charge in [-0.15, -0.1) is 0 Å². The van der Waals surface area contributed by atoms with E-state index in [-0.39, 0.29) is 19.4 Å². The van der Waals surface area contributed by atoms with Gasteiger partial charge in [0.1, 0.15) is 55.4 Å². The molecule has 0 bridgehead atoms. The Hall–Kier alpha value is -2.02. The quantitative estimate of drug-likeness (QED) is 0.0172. The molecule has 0 aromatic heterocycles. The van der Waals surface area contributed by atoms with E-state index in [1.165, 1.54) is 135 Å². The Morgan fingerprint density at radius 1 is 0.443 bits per heavy atom. The fourth-order valence-corrected chi connectivity index (χ4v) is 8.83. The third kappa shape index (κ3) is 29.6. The highest BCUT2D eigenvalue weighted by Gasteiger charge is 2.47. The summed E-state index contributed by atoms with van der Waals surface area (Å²) in [6.45, 7) is 2.57. The SMILES string of the molecule is CCCCCCCCCCCCCCCC/C=C/CC/C=C/CCCC(=O)OC[C@@H](CO[C@@H]1O[C@H](CO[C@@H]2O[C@H](CO)[C@H](O)C(O)C2O)[C@H](O)C(O)C1O)OC(=O)CCCCCCCCCCCCC. The first-order chi connectivity index (χ1) is 34.0. The molecule has 11 atom stereocenters. The maximum Gasteiger partial charge on any atom is 0.306 e. The predicted octanol–water partition coefficient (Wildman–Crippen LogP) is 8.72. The summed E-state index contributed by atoms with van der Waals surface area (Å²) in [4.78, 5) is 25.7. The summed E-state index contributed by atoms with van der Waals surface area (Å²) in [6, 6.07) is 0. The zero-order chi connectivity index (χ0) is 51.0. The number of aliphatic hydroxyl groups is 7. The molecule has 0 aromatic carbocycles. The molecule has 0 radical (unpaired) electrons. The van der Waals surface area contributed by atoms with E-state index in [2.05, 4.69) is 38.2 Å². The average Bonchev–Trinajstić information content (AvgIpc) is 3.35. The van der Waals surface area contributed by atoms with Crippen molar-refractivity contribution >= 4 is 11.9 Å². The van der Waals surface area contributed by atoms with Crippen LogP contribution in [0.2, 0.25) is 0 Å². The number of unbranched alkanes of at least 4 members (excludes halogenated alkanes) is 26. The molecule has 2 heterocycles. The van der Waals surface area contributed by atoms with Gasteiger partial charge in [0.25, 0.3) is 0 Å². The van der Waals surface area contributed by atoms with Gasteiger partial charge in [-0.2, -0.15) is 0 Å². The molecule has 2 saturated heterocycles. The molecule has 2 fully saturated rings. The summed E-state index contributed by atoms with van der Waals surface area (Å²) >= 11 is 0. The first kappa shape index (κ1) is 64.1. The number of allylic oxidation sites excluding steroid dienone is 4. The smallest absolute Gasteiger partial charge is 0.306 e. The third-order valence-electron chi connectivity index (χ3n) is 13.4. The van der Waals surface area contributed by atoms with Crippen LogP contribution < -0.4 is 0 Å². The van der Waals surface area contributed by atoms with E-state index < -0.39 is 99.3 Å². The van der Waals surface area contributed by atoms with Crippen molar-refractivity contribution in [2.75, 3.05) is 26.4 Å². The molecular formula is C55H100O15. The van der Waals surface area contributed by atoms with E-state index in [0.717, 1.165) is 38.5 Å². The molecule has 0 amide bonds. The Labute approximate surface area is 422 Å². The van der Waals surface area contributed by atoms with Crippen molar-refractivity contribution < 1.29 is 73.8 Å². The van der Waals surface area contributed by atoms with Crippen LogP contribution in [0.15, 0.2) is 24.3 Å². The zero-order valence-corrected chi connectivity index (χ0v) is 43.5. The second-order valence-corrected chi connectivity index (χ2v) is 19.8. The monoisotopic (exact) mass is 1000 g/mol.